The molecule has 0 fully saturated rings. The van der Waals surface area contributed by atoms with Crippen molar-refractivity contribution in [3.05, 3.63) is 102 Å². The Morgan fingerprint density at radius 2 is 0.835 bits per heavy atom. The van der Waals surface area contributed by atoms with E-state index in [4.69, 9.17) is 35.2 Å². The Bertz CT molecular complexity index is 2630. The number of guanidine groups is 1. The fourth-order valence-corrected chi connectivity index (χ4v) is 8.17. The number of nitrogens with two attached hydrogens (primary N) is 2. The lowest BCUT2D eigenvalue weighted by molar-refractivity contribution is -0.159. The summed E-state index contributed by atoms with van der Waals surface area (Å²) in [6.07, 6.45) is -0.634. The quantitative estimate of drug-likeness (QED) is 0.0107. The van der Waals surface area contributed by atoms with Gasteiger partial charge in [0.15, 0.2) is 5.96 Å². The summed E-state index contributed by atoms with van der Waals surface area (Å²) in [7, 11) is 0. The third-order valence-corrected chi connectivity index (χ3v) is 11.9. The third-order valence-electron chi connectivity index (χ3n) is 11.9. The number of aliphatic imine (C=N–C) groups is 1. The Balaban J connectivity index is 2.07. The van der Waals surface area contributed by atoms with Crippen LogP contribution in [0.1, 0.15) is 151 Å². The van der Waals surface area contributed by atoms with Gasteiger partial charge in [-0.25, -0.2) is 19.2 Å². The van der Waals surface area contributed by atoms with Crippen molar-refractivity contribution >= 4 is 53.8 Å². The SMILES string of the molecule is CC(C)(C)OC(=O)NCCCC[C@H](NC(=O)OCc1ccccc1)C(=O)N[C@@H](CCCCNC(=O)OC(C)(C)C)C(=O)N[C@@H](Cc1ccc(OC(C)(C)C)cc1)C(=O)N[C@@H](Cc1ccccc1)C(=O)N[C@@H](CCCN=C(N)N)C(=O)OC(C)(C)C. The van der Waals surface area contributed by atoms with Crippen molar-refractivity contribution < 1.29 is 62.0 Å². The summed E-state index contributed by atoms with van der Waals surface area (Å²) in [5, 5.41) is 19.4. The molecule has 0 aromatic heterocycles. The van der Waals surface area contributed by atoms with Crippen LogP contribution in [-0.2, 0) is 62.4 Å². The number of hydrogen-bond acceptors (Lipinski definition) is 14. The molecule has 0 unspecified atom stereocenters. The molecule has 3 aromatic carbocycles. The molecule has 0 aliphatic rings. The van der Waals surface area contributed by atoms with Crippen molar-refractivity contribution in [3.63, 3.8) is 0 Å². The van der Waals surface area contributed by atoms with E-state index in [1.165, 1.54) is 0 Å². The first-order chi connectivity index (χ1) is 39.7. The molecule has 0 radical (unpaired) electrons. The lowest BCUT2D eigenvalue weighted by Crippen LogP contribution is -2.59. The van der Waals surface area contributed by atoms with E-state index in [1.807, 2.05) is 26.8 Å². The Hall–Kier alpha value is -8.11. The first kappa shape index (κ1) is 71.2. The molecule has 11 N–H and O–H groups in total. The van der Waals surface area contributed by atoms with Crippen LogP contribution in [0.2, 0.25) is 0 Å². The molecular weight excluding hydrogens is 1090 g/mol. The standard InChI is InChI=1S/C62H94N10O13/c1-59(2,3)82-44-33-31-42(32-34-44)39-49(53(76)71-48(38-41-24-15-13-16-25-41)52(75)69-47(30-23-37-65-55(63)64)54(77)83-60(4,5)6)70-50(73)45(28-19-21-35-66-56(78)84-61(7,8)9)68-51(74)46(29-20-22-36-67-57(79)85-62(10,11)12)72-58(80)81-40-43-26-17-14-18-27-43/h13-18,24-27,31-34,45-49H,19-23,28-30,35-40H2,1-12H3,(H,66,78)(H,67,79)(H,68,74)(H,69,75)(H,70,73)(H,71,76)(H,72,80)(H4,63,64,65)/t45-,46-,47-,48-,49-/m0/s1. The number of benzene rings is 3. The van der Waals surface area contributed by atoms with Gasteiger partial charge >= 0.3 is 24.2 Å². The fraction of sp³-hybridized carbons (Fsp3) is 0.565. The minimum atomic E-state index is -1.40. The molecule has 3 rings (SSSR count). The smallest absolute Gasteiger partial charge is 0.408 e. The number of hydrogen-bond donors (Lipinski definition) is 9. The highest BCUT2D eigenvalue weighted by atomic mass is 16.6. The minimum absolute atomic E-state index is 0.0139. The summed E-state index contributed by atoms with van der Waals surface area (Å²) in [4.78, 5) is 115. The van der Waals surface area contributed by atoms with Crippen molar-refractivity contribution in [2.75, 3.05) is 19.6 Å². The first-order valence-corrected chi connectivity index (χ1v) is 29.0. The summed E-state index contributed by atoms with van der Waals surface area (Å²) in [6, 6.07) is 18.3. The van der Waals surface area contributed by atoms with E-state index in [0.717, 1.165) is 0 Å². The van der Waals surface area contributed by atoms with Gasteiger partial charge in [0.25, 0.3) is 0 Å². The molecule has 470 valence electrons. The van der Waals surface area contributed by atoms with Gasteiger partial charge in [0.1, 0.15) is 65.0 Å². The van der Waals surface area contributed by atoms with Gasteiger partial charge in [-0.2, -0.15) is 0 Å². The molecule has 0 aliphatic carbocycles. The number of esters is 1. The van der Waals surface area contributed by atoms with Gasteiger partial charge in [-0.3, -0.25) is 24.2 Å². The monoisotopic (exact) mass is 1190 g/mol. The maximum absolute atomic E-state index is 15.0. The molecule has 0 saturated carbocycles. The highest BCUT2D eigenvalue weighted by molar-refractivity contribution is 5.96. The average Bonchev–Trinajstić information content (AvgIpc) is 3.53. The molecule has 3 aromatic rings. The van der Waals surface area contributed by atoms with Gasteiger partial charge in [-0.05, 0) is 163 Å². The predicted molar refractivity (Wildman–Crippen MR) is 324 cm³/mol. The van der Waals surface area contributed by atoms with Gasteiger partial charge < -0.3 is 72.4 Å². The maximum Gasteiger partial charge on any atom is 0.408 e. The van der Waals surface area contributed by atoms with Crippen LogP contribution in [0, 0.1) is 0 Å². The van der Waals surface area contributed by atoms with Crippen LogP contribution >= 0.6 is 0 Å². The van der Waals surface area contributed by atoms with Gasteiger partial charge in [-0.1, -0.05) is 72.8 Å². The first-order valence-electron chi connectivity index (χ1n) is 29.0. The summed E-state index contributed by atoms with van der Waals surface area (Å²) >= 11 is 0. The largest absolute Gasteiger partial charge is 0.488 e. The van der Waals surface area contributed by atoms with Gasteiger partial charge in [-0.15, -0.1) is 0 Å². The second-order valence-electron chi connectivity index (χ2n) is 24.6. The normalized spacial score (nSPS) is 13.4. The Labute approximate surface area is 501 Å². The second-order valence-corrected chi connectivity index (χ2v) is 24.6. The van der Waals surface area contributed by atoms with Crippen molar-refractivity contribution in [2.24, 2.45) is 16.5 Å². The molecule has 0 saturated heterocycles. The number of carbonyl (C=O) groups is 8. The summed E-state index contributed by atoms with van der Waals surface area (Å²) in [6.45, 7) is 21.6. The van der Waals surface area contributed by atoms with Crippen molar-refractivity contribution in [1.82, 2.24) is 37.2 Å². The molecule has 7 amide bonds. The molecule has 23 heteroatoms. The highest BCUT2D eigenvalue weighted by Crippen LogP contribution is 2.20. The van der Waals surface area contributed by atoms with Gasteiger partial charge in [0.2, 0.25) is 23.6 Å². The zero-order chi connectivity index (χ0) is 63.4. The van der Waals surface area contributed by atoms with Crippen LogP contribution in [0.25, 0.3) is 0 Å². The van der Waals surface area contributed by atoms with E-state index >= 15 is 4.79 Å². The number of ether oxygens (including phenoxy) is 5. The van der Waals surface area contributed by atoms with E-state index in [2.05, 4.69) is 42.2 Å². The summed E-state index contributed by atoms with van der Waals surface area (Å²) in [5.41, 5.74) is 10.1. The van der Waals surface area contributed by atoms with E-state index in [9.17, 15) is 33.6 Å². The lowest BCUT2D eigenvalue weighted by Gasteiger charge is -2.28. The topological polar surface area (TPSA) is 331 Å². The lowest BCUT2D eigenvalue weighted by atomic mass is 10.0. The predicted octanol–water partition coefficient (Wildman–Crippen LogP) is 6.67. The van der Waals surface area contributed by atoms with E-state index in [1.54, 1.807) is 141 Å². The highest BCUT2D eigenvalue weighted by Gasteiger charge is 2.34. The number of unbranched alkanes of at least 4 members (excludes halogenated alkanes) is 2. The van der Waals surface area contributed by atoms with Crippen LogP contribution in [0.5, 0.6) is 5.75 Å². The molecule has 5 atom stereocenters. The van der Waals surface area contributed by atoms with E-state index in [0.29, 0.717) is 41.7 Å². The van der Waals surface area contributed by atoms with Crippen molar-refractivity contribution in [2.45, 2.75) is 207 Å². The van der Waals surface area contributed by atoms with Crippen molar-refractivity contribution in [3.8, 4) is 5.75 Å². The number of nitrogens with zero attached hydrogens (tertiary/aromatic N) is 1. The molecular formula is C62H94N10O13. The zero-order valence-electron chi connectivity index (χ0n) is 51.8. The number of rotatable bonds is 31. The zero-order valence-corrected chi connectivity index (χ0v) is 51.8. The number of nitrogens with one attached hydrogen (secondary N) is 7. The number of carbonyl (C=O) groups excluding carboxylic acids is 8. The molecule has 0 bridgehead atoms. The van der Waals surface area contributed by atoms with Crippen LogP contribution in [0.15, 0.2) is 89.9 Å². The van der Waals surface area contributed by atoms with E-state index in [-0.39, 0.29) is 77.1 Å². The summed E-state index contributed by atoms with van der Waals surface area (Å²) < 4.78 is 28.0. The third kappa shape index (κ3) is 31.9. The number of amides is 7. The Kier molecular flexibility index (Phi) is 29.0. The Morgan fingerprint density at radius 1 is 0.435 bits per heavy atom. The molecule has 0 spiro atoms. The van der Waals surface area contributed by atoms with Gasteiger partial charge in [0.05, 0.1) is 0 Å². The van der Waals surface area contributed by atoms with Crippen LogP contribution in [0.3, 0.4) is 0 Å². The number of alkyl carbamates (subject to hydrolysis) is 3. The molecule has 0 heterocycles. The summed E-state index contributed by atoms with van der Waals surface area (Å²) in [5.74, 6) is -3.36. The van der Waals surface area contributed by atoms with Gasteiger partial charge in [0, 0.05) is 32.5 Å². The second kappa shape index (κ2) is 34.6. The van der Waals surface area contributed by atoms with Crippen LogP contribution < -0.4 is 53.4 Å². The maximum atomic E-state index is 15.0. The average molecular weight is 1190 g/mol. The Morgan fingerprint density at radius 3 is 1.28 bits per heavy atom. The molecule has 85 heavy (non-hydrogen) atoms. The van der Waals surface area contributed by atoms with Crippen LogP contribution in [0.4, 0.5) is 14.4 Å². The van der Waals surface area contributed by atoms with Crippen LogP contribution in [-0.4, -0.2) is 126 Å². The van der Waals surface area contributed by atoms with Crippen molar-refractivity contribution in [1.29, 1.82) is 0 Å². The van der Waals surface area contributed by atoms with E-state index < -0.39 is 100 Å². The molecule has 23 nitrogen and oxygen atoms in total. The molecule has 0 aliphatic heterocycles. The minimum Gasteiger partial charge on any atom is -0.488 e. The fourth-order valence-electron chi connectivity index (χ4n) is 8.17.